The summed E-state index contributed by atoms with van der Waals surface area (Å²) in [4.78, 5) is 14.6. The number of hydrogen-bond donors (Lipinski definition) is 2. The molecular weight excluding hydrogens is 292 g/mol. The highest BCUT2D eigenvalue weighted by Gasteiger charge is 2.42. The first-order chi connectivity index (χ1) is 10.9. The maximum absolute atomic E-state index is 12.3. The molecular formula is C18H34N2O3. The fourth-order valence-corrected chi connectivity index (χ4v) is 3.82. The van der Waals surface area contributed by atoms with Gasteiger partial charge in [-0.1, -0.05) is 13.8 Å². The molecule has 0 amide bonds. The van der Waals surface area contributed by atoms with E-state index in [0.29, 0.717) is 19.0 Å². The second kappa shape index (κ2) is 8.45. The first-order valence-corrected chi connectivity index (χ1v) is 9.19. The Morgan fingerprint density at radius 2 is 1.78 bits per heavy atom. The van der Waals surface area contributed by atoms with E-state index in [1.807, 2.05) is 0 Å². The van der Waals surface area contributed by atoms with Crippen molar-refractivity contribution in [3.63, 3.8) is 0 Å². The standard InChI is InChI=1S/C18H34N2O3/c1-14-4-8-18(9-5-14,17(22)23-3)19-12-16(21)13-20-10-6-15(2)7-11-20/h14-16,19,21H,4-13H2,1-3H3. The molecule has 1 atom stereocenters. The largest absolute Gasteiger partial charge is 0.468 e. The summed E-state index contributed by atoms with van der Waals surface area (Å²) in [6.45, 7) is 7.80. The second-order valence-electron chi connectivity index (χ2n) is 7.77. The fourth-order valence-electron chi connectivity index (χ4n) is 3.82. The molecule has 1 unspecified atom stereocenters. The molecule has 0 aromatic carbocycles. The number of esters is 1. The summed E-state index contributed by atoms with van der Waals surface area (Å²) in [5.41, 5.74) is -0.599. The van der Waals surface area contributed by atoms with Gasteiger partial charge >= 0.3 is 5.97 Å². The van der Waals surface area contributed by atoms with Crippen molar-refractivity contribution in [3.05, 3.63) is 0 Å². The quantitative estimate of drug-likeness (QED) is 0.729. The minimum atomic E-state index is -0.599. The van der Waals surface area contributed by atoms with Gasteiger partial charge in [0.05, 0.1) is 13.2 Å². The summed E-state index contributed by atoms with van der Waals surface area (Å²) in [7, 11) is 1.45. The lowest BCUT2D eigenvalue weighted by Gasteiger charge is -2.39. The number of piperidine rings is 1. The number of likely N-dealkylation sites (tertiary alicyclic amines) is 1. The molecule has 2 rings (SSSR count). The van der Waals surface area contributed by atoms with E-state index < -0.39 is 11.6 Å². The highest BCUT2D eigenvalue weighted by atomic mass is 16.5. The summed E-state index contributed by atoms with van der Waals surface area (Å²) in [5.74, 6) is 1.28. The van der Waals surface area contributed by atoms with E-state index >= 15 is 0 Å². The van der Waals surface area contributed by atoms with Crippen LogP contribution in [0.25, 0.3) is 0 Å². The van der Waals surface area contributed by atoms with Gasteiger partial charge in [-0.2, -0.15) is 0 Å². The van der Waals surface area contributed by atoms with E-state index in [0.717, 1.165) is 44.7 Å². The predicted octanol–water partition coefficient (Wildman–Crippen LogP) is 1.79. The molecule has 1 saturated carbocycles. The summed E-state index contributed by atoms with van der Waals surface area (Å²) >= 11 is 0. The molecule has 1 aliphatic carbocycles. The van der Waals surface area contributed by atoms with Crippen LogP contribution in [0.1, 0.15) is 52.4 Å². The lowest BCUT2D eigenvalue weighted by atomic mass is 9.77. The van der Waals surface area contributed by atoms with Crippen LogP contribution < -0.4 is 5.32 Å². The van der Waals surface area contributed by atoms with E-state index in [-0.39, 0.29) is 5.97 Å². The summed E-state index contributed by atoms with van der Waals surface area (Å²) in [5, 5.41) is 13.7. The summed E-state index contributed by atoms with van der Waals surface area (Å²) in [6.07, 6.45) is 5.65. The van der Waals surface area contributed by atoms with Crippen LogP contribution in [0.3, 0.4) is 0 Å². The number of hydrogen-bond acceptors (Lipinski definition) is 5. The molecule has 2 fully saturated rings. The topological polar surface area (TPSA) is 61.8 Å². The molecule has 5 heteroatoms. The van der Waals surface area contributed by atoms with Crippen molar-refractivity contribution in [3.8, 4) is 0 Å². The molecule has 23 heavy (non-hydrogen) atoms. The van der Waals surface area contributed by atoms with Crippen molar-refractivity contribution in [1.29, 1.82) is 0 Å². The molecule has 0 bridgehead atoms. The molecule has 0 aromatic rings. The number of nitrogens with zero attached hydrogens (tertiary/aromatic N) is 1. The number of methoxy groups -OCH3 is 1. The Hall–Kier alpha value is -0.650. The highest BCUT2D eigenvalue weighted by Crippen LogP contribution is 2.32. The minimum absolute atomic E-state index is 0.177. The number of aliphatic hydroxyl groups is 1. The van der Waals surface area contributed by atoms with Gasteiger partial charge in [-0.3, -0.25) is 10.1 Å². The van der Waals surface area contributed by atoms with Gasteiger partial charge in [-0.15, -0.1) is 0 Å². The van der Waals surface area contributed by atoms with Crippen LogP contribution in [0.15, 0.2) is 0 Å². The fraction of sp³-hybridized carbons (Fsp3) is 0.944. The number of carbonyl (C=O) groups excluding carboxylic acids is 1. The van der Waals surface area contributed by atoms with Crippen molar-refractivity contribution in [2.75, 3.05) is 33.3 Å². The van der Waals surface area contributed by atoms with Crippen LogP contribution in [0, 0.1) is 11.8 Å². The summed E-state index contributed by atoms with van der Waals surface area (Å²) in [6, 6.07) is 0. The number of ether oxygens (including phenoxy) is 1. The Morgan fingerprint density at radius 1 is 1.22 bits per heavy atom. The van der Waals surface area contributed by atoms with Gasteiger partial charge in [0.15, 0.2) is 0 Å². The molecule has 1 heterocycles. The zero-order chi connectivity index (χ0) is 16.9. The normalized spacial score (nSPS) is 31.7. The average Bonchev–Trinajstić information content (AvgIpc) is 2.56. The maximum Gasteiger partial charge on any atom is 0.326 e. The van der Waals surface area contributed by atoms with Crippen LogP contribution in [0.5, 0.6) is 0 Å². The predicted molar refractivity (Wildman–Crippen MR) is 91.2 cm³/mol. The van der Waals surface area contributed by atoms with Gasteiger partial charge in [-0.25, -0.2) is 0 Å². The molecule has 134 valence electrons. The van der Waals surface area contributed by atoms with Gasteiger partial charge in [0.1, 0.15) is 5.54 Å². The van der Waals surface area contributed by atoms with Crippen LogP contribution in [-0.2, 0) is 9.53 Å². The average molecular weight is 326 g/mol. The Bertz CT molecular complexity index is 372. The lowest BCUT2D eigenvalue weighted by Crippen LogP contribution is -2.57. The third kappa shape index (κ3) is 5.16. The summed E-state index contributed by atoms with van der Waals surface area (Å²) < 4.78 is 5.03. The third-order valence-corrected chi connectivity index (χ3v) is 5.73. The molecule has 5 nitrogen and oxygen atoms in total. The van der Waals surface area contributed by atoms with Crippen LogP contribution in [0.2, 0.25) is 0 Å². The zero-order valence-corrected chi connectivity index (χ0v) is 15.0. The van der Waals surface area contributed by atoms with E-state index in [4.69, 9.17) is 4.74 Å². The van der Waals surface area contributed by atoms with Crippen molar-refractivity contribution < 1.29 is 14.6 Å². The lowest BCUT2D eigenvalue weighted by molar-refractivity contribution is -0.150. The Labute approximate surface area is 140 Å². The second-order valence-corrected chi connectivity index (χ2v) is 7.77. The Morgan fingerprint density at radius 3 is 2.35 bits per heavy atom. The van der Waals surface area contributed by atoms with E-state index in [1.165, 1.54) is 20.0 Å². The third-order valence-electron chi connectivity index (χ3n) is 5.73. The number of rotatable bonds is 6. The molecule has 1 saturated heterocycles. The Balaban J connectivity index is 1.82. The van der Waals surface area contributed by atoms with E-state index in [9.17, 15) is 9.90 Å². The van der Waals surface area contributed by atoms with Crippen molar-refractivity contribution in [1.82, 2.24) is 10.2 Å². The van der Waals surface area contributed by atoms with Gasteiger partial charge in [0, 0.05) is 13.1 Å². The number of carbonyl (C=O) groups is 1. The first kappa shape index (κ1) is 18.7. The number of nitrogens with one attached hydrogen (secondary N) is 1. The highest BCUT2D eigenvalue weighted by molar-refractivity contribution is 5.80. The molecule has 1 aliphatic heterocycles. The molecule has 0 aromatic heterocycles. The Kier molecular flexibility index (Phi) is 6.86. The first-order valence-electron chi connectivity index (χ1n) is 9.19. The molecule has 2 N–H and O–H groups in total. The molecule has 2 aliphatic rings. The van der Waals surface area contributed by atoms with Crippen LogP contribution in [-0.4, -0.2) is 60.9 Å². The van der Waals surface area contributed by atoms with Gasteiger partial charge in [-0.05, 0) is 63.5 Å². The number of aliphatic hydroxyl groups excluding tert-OH is 1. The number of β-amino-alcohol motifs (C(OH)–C–C–N with tert-alkyl or cyclic N) is 1. The van der Waals surface area contributed by atoms with E-state index in [2.05, 4.69) is 24.1 Å². The SMILES string of the molecule is COC(=O)C1(NCC(O)CN2CCC(C)CC2)CCC(C)CC1. The zero-order valence-electron chi connectivity index (χ0n) is 15.0. The van der Waals surface area contributed by atoms with Crippen molar-refractivity contribution in [2.45, 2.75) is 64.0 Å². The molecule has 0 radical (unpaired) electrons. The maximum atomic E-state index is 12.3. The van der Waals surface area contributed by atoms with Gasteiger partial charge < -0.3 is 14.7 Å². The smallest absolute Gasteiger partial charge is 0.326 e. The van der Waals surface area contributed by atoms with Crippen LogP contribution >= 0.6 is 0 Å². The van der Waals surface area contributed by atoms with Gasteiger partial charge in [0.25, 0.3) is 0 Å². The minimum Gasteiger partial charge on any atom is -0.468 e. The van der Waals surface area contributed by atoms with Crippen LogP contribution in [0.4, 0.5) is 0 Å². The van der Waals surface area contributed by atoms with E-state index in [1.54, 1.807) is 0 Å². The monoisotopic (exact) mass is 326 g/mol. The molecule has 0 spiro atoms. The van der Waals surface area contributed by atoms with Gasteiger partial charge in [0.2, 0.25) is 0 Å². The van der Waals surface area contributed by atoms with Crippen molar-refractivity contribution >= 4 is 5.97 Å². The van der Waals surface area contributed by atoms with Crippen molar-refractivity contribution in [2.24, 2.45) is 11.8 Å².